The number of benzene rings is 1. The van der Waals surface area contributed by atoms with Crippen molar-refractivity contribution in [3.63, 3.8) is 0 Å². The van der Waals surface area contributed by atoms with Gasteiger partial charge in [-0.05, 0) is 75.3 Å². The summed E-state index contributed by atoms with van der Waals surface area (Å²) in [7, 11) is 0. The molecule has 0 radical (unpaired) electrons. The Bertz CT molecular complexity index is 971. The third-order valence-electron chi connectivity index (χ3n) is 6.92. The molecular formula is C21H24N4OS. The monoisotopic (exact) mass is 380 g/mol. The molecule has 0 atom stereocenters. The quantitative estimate of drug-likeness (QED) is 0.657. The molecule has 0 N–H and O–H groups in total. The van der Waals surface area contributed by atoms with Crippen LogP contribution in [0.4, 0.5) is 0 Å². The number of hydrogen-bond acceptors (Lipinski definition) is 5. The van der Waals surface area contributed by atoms with E-state index in [9.17, 15) is 0 Å². The zero-order chi connectivity index (χ0) is 18.0. The van der Waals surface area contributed by atoms with Crippen molar-refractivity contribution in [2.75, 3.05) is 6.61 Å². The maximum absolute atomic E-state index is 5.82. The highest BCUT2D eigenvalue weighted by Gasteiger charge is 2.54. The molecule has 0 unspecified atom stereocenters. The Morgan fingerprint density at radius 1 is 1.07 bits per heavy atom. The number of rotatable bonds is 4. The van der Waals surface area contributed by atoms with Gasteiger partial charge in [0.1, 0.15) is 5.75 Å². The van der Waals surface area contributed by atoms with Gasteiger partial charge in [-0.1, -0.05) is 23.5 Å². The number of ether oxygens (including phenoxy) is 1. The van der Waals surface area contributed by atoms with E-state index in [2.05, 4.69) is 20.8 Å². The Morgan fingerprint density at radius 3 is 2.48 bits per heavy atom. The second-order valence-corrected chi connectivity index (χ2v) is 9.71. The Kier molecular flexibility index (Phi) is 3.43. The minimum Gasteiger partial charge on any atom is -0.493 e. The molecule has 4 fully saturated rings. The maximum Gasteiger partial charge on any atom is 0.235 e. The molecule has 4 aliphatic carbocycles. The predicted molar refractivity (Wildman–Crippen MR) is 105 cm³/mol. The van der Waals surface area contributed by atoms with E-state index in [0.717, 1.165) is 44.9 Å². The summed E-state index contributed by atoms with van der Waals surface area (Å²) < 4.78 is 7.87. The molecule has 140 valence electrons. The molecule has 5 nitrogen and oxygen atoms in total. The molecule has 4 saturated carbocycles. The van der Waals surface area contributed by atoms with Crippen molar-refractivity contribution in [3.8, 4) is 16.3 Å². The Hall–Kier alpha value is -1.95. The minimum atomic E-state index is 0.207. The largest absolute Gasteiger partial charge is 0.493 e. The van der Waals surface area contributed by atoms with Crippen LogP contribution < -0.4 is 4.74 Å². The summed E-state index contributed by atoms with van der Waals surface area (Å²) in [5.41, 5.74) is 1.25. The normalized spacial score (nSPS) is 31.7. The fraction of sp³-hybridized carbons (Fsp3) is 0.571. The number of nitrogens with zero attached hydrogens (tertiary/aromatic N) is 4. The second-order valence-electron chi connectivity index (χ2n) is 8.75. The van der Waals surface area contributed by atoms with E-state index in [1.807, 2.05) is 25.1 Å². The van der Waals surface area contributed by atoms with Gasteiger partial charge in [0.15, 0.2) is 10.8 Å². The number of fused-ring (bicyclic) bond motifs is 1. The minimum absolute atomic E-state index is 0.207. The molecule has 27 heavy (non-hydrogen) atoms. The van der Waals surface area contributed by atoms with Crippen LogP contribution in [0.1, 0.15) is 51.3 Å². The van der Waals surface area contributed by atoms with Crippen molar-refractivity contribution >= 4 is 16.3 Å². The highest BCUT2D eigenvalue weighted by Crippen LogP contribution is 2.60. The first-order valence-corrected chi connectivity index (χ1v) is 11.0. The third-order valence-corrected chi connectivity index (χ3v) is 7.85. The first-order chi connectivity index (χ1) is 13.2. The number of hydrogen-bond donors (Lipinski definition) is 0. The molecule has 7 rings (SSSR count). The van der Waals surface area contributed by atoms with Gasteiger partial charge >= 0.3 is 0 Å². The molecule has 0 spiro atoms. The topological polar surface area (TPSA) is 52.3 Å². The lowest BCUT2D eigenvalue weighted by atomic mass is 9.49. The summed E-state index contributed by atoms with van der Waals surface area (Å²) in [6.45, 7) is 2.67. The molecule has 0 aliphatic heterocycles. The van der Waals surface area contributed by atoms with Crippen LogP contribution in [0.15, 0.2) is 24.3 Å². The van der Waals surface area contributed by atoms with Gasteiger partial charge in [-0.25, -0.2) is 0 Å². The maximum atomic E-state index is 5.82. The van der Waals surface area contributed by atoms with Crippen molar-refractivity contribution < 1.29 is 4.74 Å². The molecule has 3 aromatic rings. The lowest BCUT2D eigenvalue weighted by Crippen LogP contribution is -2.49. The highest BCUT2D eigenvalue weighted by molar-refractivity contribution is 7.19. The van der Waals surface area contributed by atoms with Crippen molar-refractivity contribution in [3.05, 3.63) is 30.1 Å². The Balaban J connectivity index is 1.44. The molecule has 4 aliphatic rings. The fourth-order valence-electron chi connectivity index (χ4n) is 6.37. The van der Waals surface area contributed by atoms with Crippen molar-refractivity contribution in [1.29, 1.82) is 0 Å². The zero-order valence-corrected chi connectivity index (χ0v) is 16.4. The van der Waals surface area contributed by atoms with Crippen LogP contribution in [-0.2, 0) is 5.41 Å². The van der Waals surface area contributed by atoms with Gasteiger partial charge in [0.2, 0.25) is 4.96 Å². The van der Waals surface area contributed by atoms with Gasteiger partial charge in [-0.2, -0.15) is 9.61 Å². The first kappa shape index (κ1) is 16.0. The van der Waals surface area contributed by atoms with Crippen molar-refractivity contribution in [1.82, 2.24) is 19.8 Å². The van der Waals surface area contributed by atoms with Crippen LogP contribution in [0.25, 0.3) is 15.5 Å². The van der Waals surface area contributed by atoms with Crippen LogP contribution in [0, 0.1) is 17.8 Å². The molecule has 1 aromatic carbocycles. The van der Waals surface area contributed by atoms with E-state index in [-0.39, 0.29) is 5.41 Å². The lowest BCUT2D eigenvalue weighted by Gasteiger charge is -2.55. The third kappa shape index (κ3) is 2.38. The van der Waals surface area contributed by atoms with Crippen molar-refractivity contribution in [2.24, 2.45) is 17.8 Å². The Morgan fingerprint density at radius 2 is 1.78 bits per heavy atom. The van der Waals surface area contributed by atoms with E-state index < -0.39 is 0 Å². The summed E-state index contributed by atoms with van der Waals surface area (Å²) in [5, 5.41) is 15.1. The molecule has 0 saturated heterocycles. The average molecular weight is 381 g/mol. The van der Waals surface area contributed by atoms with E-state index in [1.165, 1.54) is 38.5 Å². The van der Waals surface area contributed by atoms with E-state index >= 15 is 0 Å². The molecule has 0 amide bonds. The predicted octanol–water partition coefficient (Wildman–Crippen LogP) is 4.72. The van der Waals surface area contributed by atoms with Crippen LogP contribution in [0.3, 0.4) is 0 Å². The summed E-state index contributed by atoms with van der Waals surface area (Å²) >= 11 is 1.61. The van der Waals surface area contributed by atoms with Gasteiger partial charge in [0, 0.05) is 5.41 Å². The summed E-state index contributed by atoms with van der Waals surface area (Å²) in [5.74, 6) is 4.68. The van der Waals surface area contributed by atoms with Crippen molar-refractivity contribution in [2.45, 2.75) is 50.9 Å². The molecule has 4 bridgehead atoms. The average Bonchev–Trinajstić information content (AvgIpc) is 3.22. The SMILES string of the molecule is CCOc1ccccc1-c1nn2c(C34CC5CC(CC(C5)C3)C4)nnc2s1. The second kappa shape index (κ2) is 5.77. The summed E-state index contributed by atoms with van der Waals surface area (Å²) in [4.78, 5) is 0.905. The number of para-hydroxylation sites is 1. The van der Waals surface area contributed by atoms with Gasteiger partial charge in [0.05, 0.1) is 12.2 Å². The van der Waals surface area contributed by atoms with Crippen LogP contribution in [0.2, 0.25) is 0 Å². The highest BCUT2D eigenvalue weighted by atomic mass is 32.1. The summed E-state index contributed by atoms with van der Waals surface area (Å²) in [6.07, 6.45) is 8.15. The van der Waals surface area contributed by atoms with Gasteiger partial charge in [-0.15, -0.1) is 10.2 Å². The lowest BCUT2D eigenvalue weighted by molar-refractivity contribution is -0.0103. The molecule has 2 heterocycles. The first-order valence-electron chi connectivity index (χ1n) is 10.2. The van der Waals surface area contributed by atoms with Gasteiger partial charge < -0.3 is 4.74 Å². The summed E-state index contributed by atoms with van der Waals surface area (Å²) in [6, 6.07) is 8.15. The standard InChI is InChI=1S/C21H24N4OS/c1-2-26-17-6-4-3-5-16(17)18-24-25-19(22-23-20(25)27-18)21-10-13-7-14(11-21)9-15(8-13)12-21/h3-6,13-15H,2,7-12H2,1H3. The molecular weight excluding hydrogens is 356 g/mol. The van der Waals surface area contributed by atoms with Crippen LogP contribution in [0.5, 0.6) is 5.75 Å². The number of aromatic nitrogens is 4. The molecule has 6 heteroatoms. The van der Waals surface area contributed by atoms with Crippen LogP contribution in [-0.4, -0.2) is 26.4 Å². The fourth-order valence-corrected chi connectivity index (χ4v) is 7.24. The van der Waals surface area contributed by atoms with E-state index in [0.29, 0.717) is 6.61 Å². The smallest absolute Gasteiger partial charge is 0.235 e. The molecule has 2 aromatic heterocycles. The van der Waals surface area contributed by atoms with Gasteiger partial charge in [0.25, 0.3) is 0 Å². The van der Waals surface area contributed by atoms with Crippen LogP contribution >= 0.6 is 11.3 Å². The van der Waals surface area contributed by atoms with Gasteiger partial charge in [-0.3, -0.25) is 0 Å². The zero-order valence-electron chi connectivity index (χ0n) is 15.6. The van der Waals surface area contributed by atoms with E-state index in [1.54, 1.807) is 11.3 Å². The Labute approximate surface area is 162 Å². The van der Waals surface area contributed by atoms with E-state index in [4.69, 9.17) is 9.84 Å².